The van der Waals surface area contributed by atoms with E-state index in [2.05, 4.69) is 52.7 Å². The van der Waals surface area contributed by atoms with Crippen molar-refractivity contribution in [1.82, 2.24) is 5.32 Å². The molecule has 14 aliphatic heterocycles. The first-order valence-electron chi connectivity index (χ1n) is 31.4. The van der Waals surface area contributed by atoms with Crippen LogP contribution in [0.25, 0.3) is 0 Å². The molecule has 3 spiro atoms. The fourth-order valence-corrected chi connectivity index (χ4v) is 17.7. The summed E-state index contributed by atoms with van der Waals surface area (Å²) in [7, 11) is 0. The number of hydrogen-bond donors (Lipinski definition) is 2. The largest absolute Gasteiger partial charge is 0.459 e. The van der Waals surface area contributed by atoms with Gasteiger partial charge in [0, 0.05) is 76.7 Å². The fraction of sp³-hybridized carbons (Fsp3) is 0.871. The minimum Gasteiger partial charge on any atom is -0.459 e. The van der Waals surface area contributed by atoms with Crippen LogP contribution in [0.5, 0.6) is 0 Å². The van der Waals surface area contributed by atoms with Crippen LogP contribution < -0.4 is 5.32 Å². The van der Waals surface area contributed by atoms with E-state index in [4.69, 9.17) is 71.1 Å². The molecule has 2 N–H and O–H groups in total. The second kappa shape index (κ2) is 22.0. The molecule has 81 heavy (non-hydrogen) atoms. The van der Waals surface area contributed by atoms with E-state index in [-0.39, 0.29) is 153 Å². The first-order chi connectivity index (χ1) is 39.0. The number of nitrogens with one attached hydrogen (secondary N) is 1. The van der Waals surface area contributed by atoms with Gasteiger partial charge in [-0.25, -0.2) is 4.79 Å². The summed E-state index contributed by atoms with van der Waals surface area (Å²) in [5.41, 5.74) is 2.17. The molecule has 0 radical (unpaired) electrons. The Morgan fingerprint density at radius 3 is 2.11 bits per heavy atom. The molecule has 14 heterocycles. The Morgan fingerprint density at radius 1 is 0.580 bits per heavy atom. The predicted octanol–water partition coefficient (Wildman–Crippen LogP) is 7.11. The van der Waals surface area contributed by atoms with Crippen LogP contribution in [0, 0.1) is 23.7 Å². The second-order valence-electron chi connectivity index (χ2n) is 27.4. The summed E-state index contributed by atoms with van der Waals surface area (Å²) in [5, 5.41) is 13.9. The summed E-state index contributed by atoms with van der Waals surface area (Å²) in [5.74, 6) is -2.74. The van der Waals surface area contributed by atoms with Crippen molar-refractivity contribution in [1.29, 1.82) is 0 Å². The van der Waals surface area contributed by atoms with Crippen LogP contribution in [0.3, 0.4) is 0 Å². The van der Waals surface area contributed by atoms with Gasteiger partial charge in [0.25, 0.3) is 0 Å². The lowest BCUT2D eigenvalue weighted by Gasteiger charge is -2.54. The Labute approximate surface area is 476 Å². The zero-order valence-corrected chi connectivity index (χ0v) is 47.9. The molecule has 0 aromatic rings. The molecule has 19 heteroatoms. The Balaban J connectivity index is 0.666. The molecule has 14 saturated heterocycles. The van der Waals surface area contributed by atoms with Gasteiger partial charge in [0.15, 0.2) is 17.4 Å². The van der Waals surface area contributed by atoms with E-state index in [1.807, 2.05) is 0 Å². The molecule has 0 unspecified atom stereocenters. The molecule has 14 aliphatic rings. The van der Waals surface area contributed by atoms with Gasteiger partial charge in [0.05, 0.1) is 122 Å². The maximum absolute atomic E-state index is 14.5. The van der Waals surface area contributed by atoms with E-state index in [0.29, 0.717) is 57.8 Å². The quantitative estimate of drug-likeness (QED) is 0.213. The monoisotopic (exact) mass is 1140 g/mol. The lowest BCUT2D eigenvalue weighted by molar-refractivity contribution is -0.370. The molecular formula is C62H89NO18. The number of aliphatic hydroxyl groups excluding tert-OH is 1. The number of esters is 1. The Kier molecular flexibility index (Phi) is 15.2. The second-order valence-corrected chi connectivity index (χ2v) is 27.4. The summed E-state index contributed by atoms with van der Waals surface area (Å²) in [4.78, 5) is 26.7. The average molecular weight is 1140 g/mol. The van der Waals surface area contributed by atoms with Crippen molar-refractivity contribution in [2.75, 3.05) is 13.2 Å². The van der Waals surface area contributed by atoms with Crippen molar-refractivity contribution in [3.63, 3.8) is 0 Å². The first kappa shape index (κ1) is 56.2. The molecular weight excluding hydrogens is 1050 g/mol. The van der Waals surface area contributed by atoms with Crippen LogP contribution >= 0.6 is 0 Å². The molecule has 29 atom stereocenters. The smallest absolute Gasteiger partial charge is 0.407 e. The van der Waals surface area contributed by atoms with Gasteiger partial charge >= 0.3 is 12.1 Å². The van der Waals surface area contributed by atoms with E-state index < -0.39 is 54.0 Å². The van der Waals surface area contributed by atoms with Crippen LogP contribution in [-0.4, -0.2) is 182 Å². The number of amides is 1. The summed E-state index contributed by atoms with van der Waals surface area (Å²) >= 11 is 0. The molecule has 450 valence electrons. The van der Waals surface area contributed by atoms with Crippen molar-refractivity contribution in [2.45, 2.75) is 301 Å². The van der Waals surface area contributed by atoms with Crippen molar-refractivity contribution < 1.29 is 85.7 Å². The molecule has 0 aliphatic carbocycles. The summed E-state index contributed by atoms with van der Waals surface area (Å²) < 4.78 is 102. The summed E-state index contributed by atoms with van der Waals surface area (Å²) in [6, 6.07) is 0. The van der Waals surface area contributed by atoms with E-state index >= 15 is 0 Å². The number of fused-ring (bicyclic) bond motifs is 13. The first-order valence-corrected chi connectivity index (χ1v) is 31.4. The van der Waals surface area contributed by atoms with Gasteiger partial charge in [0.2, 0.25) is 0 Å². The molecule has 10 bridgehead atoms. The number of alkyl carbamates (subject to hydrolysis) is 1. The average Bonchev–Trinajstić information content (AvgIpc) is 3.33. The minimum atomic E-state index is -0.932. The van der Waals surface area contributed by atoms with Crippen molar-refractivity contribution in [3.8, 4) is 0 Å². The summed E-state index contributed by atoms with van der Waals surface area (Å²) in [6.45, 7) is 21.6. The van der Waals surface area contributed by atoms with Gasteiger partial charge in [0.1, 0.15) is 24.9 Å². The topological polar surface area (TPSA) is 205 Å². The highest BCUT2D eigenvalue weighted by Gasteiger charge is 2.66. The van der Waals surface area contributed by atoms with E-state index in [1.54, 1.807) is 0 Å². The molecule has 0 aromatic heterocycles. The van der Waals surface area contributed by atoms with Crippen LogP contribution in [0.2, 0.25) is 0 Å². The molecule has 14 fully saturated rings. The molecule has 1 amide bonds. The number of ether oxygens (including phenoxy) is 15. The maximum Gasteiger partial charge on any atom is 0.407 e. The standard InChI is InChI=1S/C62H89NO18/c1-8-17-67-59(66)63-29-52-39(64)21-48-54(74-52)32(4)25-61(79-48)26-33(5)55-51(80-61)28-62(81-55)27-50-45(77-62)24-47-56(73-50)35(7)57-46(72-47)22-43-34(6)30(2)18-36(69-43)9-11-40-31(3)19-38(68-40)13-15-60-16-14-41(76-60)44-23-49(78-60)58-42(71-44)12-10-37(70-58)20-53(65)75-57/h8,30,32-33,35-52,54-58,64H,1,3,6,9-29H2,2,4-5,7H3,(H,63,66)/t30-,32+,33+,35+,36+,37-,38+,39-,40+,41+,42+,43-,44-,45-,46+,47+,48+,49-,50-,51+,52-,54+,55+,56+,57-,58+,60+,61-,62+/m1/s1. The minimum absolute atomic E-state index is 0.0107. The third kappa shape index (κ3) is 10.7. The van der Waals surface area contributed by atoms with E-state index in [9.17, 15) is 14.7 Å². The van der Waals surface area contributed by atoms with Crippen LogP contribution in [0.1, 0.15) is 150 Å². The van der Waals surface area contributed by atoms with Crippen LogP contribution in [0.15, 0.2) is 37.0 Å². The number of carbonyl (C=O) groups excluding carboxylic acids is 2. The Morgan fingerprint density at radius 2 is 1.26 bits per heavy atom. The number of carbonyl (C=O) groups is 2. The van der Waals surface area contributed by atoms with Crippen molar-refractivity contribution >= 4 is 12.1 Å². The third-order valence-corrected chi connectivity index (χ3v) is 21.6. The molecule has 19 nitrogen and oxygen atoms in total. The predicted molar refractivity (Wildman–Crippen MR) is 286 cm³/mol. The van der Waals surface area contributed by atoms with Gasteiger partial charge in [-0.3, -0.25) is 4.79 Å². The highest BCUT2D eigenvalue weighted by Crippen LogP contribution is 2.56. The van der Waals surface area contributed by atoms with E-state index in [1.165, 1.54) is 6.08 Å². The van der Waals surface area contributed by atoms with Gasteiger partial charge in [-0.05, 0) is 80.3 Å². The van der Waals surface area contributed by atoms with Crippen LogP contribution in [0.4, 0.5) is 4.79 Å². The molecule has 0 saturated carbocycles. The summed E-state index contributed by atoms with van der Waals surface area (Å²) in [6.07, 6.45) is 6.95. The van der Waals surface area contributed by atoms with Gasteiger partial charge in [-0.2, -0.15) is 0 Å². The Bertz CT molecular complexity index is 2390. The highest BCUT2D eigenvalue weighted by atomic mass is 16.8. The molecule has 0 aromatic carbocycles. The van der Waals surface area contributed by atoms with Gasteiger partial charge in [-0.15, -0.1) is 0 Å². The lowest BCUT2D eigenvalue weighted by atomic mass is 9.78. The van der Waals surface area contributed by atoms with Crippen molar-refractivity contribution in [2.24, 2.45) is 23.7 Å². The SMILES string of the molecule is C=CCOC(=O)NC[C@H]1O[C@@H]2[C@H](C[C@H]1O)O[C@@]1(C[C@@H]2C)C[C@H](C)[C@@H]2O[C@]3(C[C@@H]2O1)C[C@H]1O[C@H]2[C@H](C)[C@H]4OC(=O)C[C@H]5CC[C@@H]6O[C@@H]7C[C@@H](O[C@@]8(CC[C@H]9CC(=C)[C@H](CC[C@H]%10C[C@@H](C)C(=C)[C@@H](C[C@@H]4O[C@H]2C[C@H]1O3)O%10)O9)CC[C@@H]7O8)[C@H]6O5. The number of aliphatic hydroxyl groups is 1. The number of rotatable bonds is 4. The fourth-order valence-electron chi connectivity index (χ4n) is 17.7. The third-order valence-electron chi connectivity index (χ3n) is 21.6. The van der Waals surface area contributed by atoms with Gasteiger partial charge < -0.3 is 81.5 Å². The maximum atomic E-state index is 14.5. The zero-order chi connectivity index (χ0) is 55.7. The van der Waals surface area contributed by atoms with Gasteiger partial charge in [-0.1, -0.05) is 53.5 Å². The van der Waals surface area contributed by atoms with Crippen LogP contribution in [-0.2, 0) is 75.8 Å². The normalized spacial score (nSPS) is 53.9. The van der Waals surface area contributed by atoms with Crippen molar-refractivity contribution in [3.05, 3.63) is 37.0 Å². The molecule has 14 rings (SSSR count). The van der Waals surface area contributed by atoms with E-state index in [0.717, 1.165) is 68.9 Å². The highest BCUT2D eigenvalue weighted by molar-refractivity contribution is 5.70. The zero-order valence-electron chi connectivity index (χ0n) is 47.9. The lowest BCUT2D eigenvalue weighted by Crippen LogP contribution is -2.63. The Hall–Kier alpha value is -2.60. The number of hydrogen-bond acceptors (Lipinski definition) is 18.